The minimum atomic E-state index is -4.40. The number of tetrazole rings is 1. The van der Waals surface area contributed by atoms with Crippen molar-refractivity contribution >= 4 is 17.2 Å². The molecule has 7 heteroatoms. The number of nitrogens with one attached hydrogen (secondary N) is 1. The lowest BCUT2D eigenvalue weighted by Gasteiger charge is -2.11. The molecule has 1 aromatic heterocycles. The first-order valence-electron chi connectivity index (χ1n) is 8.85. The molecule has 0 saturated heterocycles. The van der Waals surface area contributed by atoms with Crippen LogP contribution in [0.4, 0.5) is 13.2 Å². The maximum atomic E-state index is 13.4. The molecule has 1 aliphatic carbocycles. The highest BCUT2D eigenvalue weighted by Gasteiger charge is 2.33. The van der Waals surface area contributed by atoms with E-state index in [1.54, 1.807) is 12.1 Å². The molecule has 0 bridgehead atoms. The van der Waals surface area contributed by atoms with Crippen LogP contribution in [0.2, 0.25) is 0 Å². The first-order chi connectivity index (χ1) is 13.4. The molecule has 0 radical (unpaired) electrons. The van der Waals surface area contributed by atoms with Gasteiger partial charge in [0.1, 0.15) is 0 Å². The van der Waals surface area contributed by atoms with E-state index in [9.17, 15) is 13.2 Å². The van der Waals surface area contributed by atoms with Crippen molar-refractivity contribution in [3.05, 3.63) is 82.2 Å². The zero-order valence-corrected chi connectivity index (χ0v) is 15.1. The molecule has 142 valence electrons. The number of benzene rings is 2. The fraction of sp³-hybridized carbons (Fsp3) is 0.190. The molecule has 28 heavy (non-hydrogen) atoms. The molecule has 0 spiro atoms. The Kier molecular flexibility index (Phi) is 4.58. The summed E-state index contributed by atoms with van der Waals surface area (Å²) in [4.78, 5) is 0. The average molecular weight is 382 g/mol. The Labute approximate surface area is 159 Å². The van der Waals surface area contributed by atoms with E-state index in [0.717, 1.165) is 33.9 Å². The fourth-order valence-corrected chi connectivity index (χ4v) is 3.62. The molecule has 0 unspecified atom stereocenters. The zero-order valence-electron chi connectivity index (χ0n) is 15.1. The highest BCUT2D eigenvalue weighted by atomic mass is 19.4. The van der Waals surface area contributed by atoms with Gasteiger partial charge in [0, 0.05) is 6.42 Å². The molecule has 0 amide bonds. The monoisotopic (exact) mass is 382 g/mol. The van der Waals surface area contributed by atoms with Crippen molar-refractivity contribution in [3.8, 4) is 0 Å². The van der Waals surface area contributed by atoms with E-state index in [0.29, 0.717) is 18.7 Å². The van der Waals surface area contributed by atoms with Crippen LogP contribution in [0.3, 0.4) is 0 Å². The van der Waals surface area contributed by atoms with Crippen LogP contribution in [0.5, 0.6) is 0 Å². The van der Waals surface area contributed by atoms with Crippen molar-refractivity contribution in [2.24, 2.45) is 0 Å². The molecule has 1 heterocycles. The van der Waals surface area contributed by atoms with E-state index >= 15 is 0 Å². The number of hydrogen-bond acceptors (Lipinski definition) is 3. The molecule has 0 fully saturated rings. The summed E-state index contributed by atoms with van der Waals surface area (Å²) in [5, 5.41) is 13.9. The number of aryl methyl sites for hydroxylation is 1. The molecule has 0 atom stereocenters. The number of aromatic nitrogens is 4. The summed E-state index contributed by atoms with van der Waals surface area (Å²) in [5.41, 5.74) is 4.40. The van der Waals surface area contributed by atoms with Crippen LogP contribution in [0.25, 0.3) is 17.2 Å². The Bertz CT molecular complexity index is 1060. The number of nitrogens with zero attached hydrogens (tertiary/aromatic N) is 3. The lowest BCUT2D eigenvalue weighted by atomic mass is 9.98. The van der Waals surface area contributed by atoms with E-state index in [1.165, 1.54) is 12.1 Å². The molecule has 3 aromatic rings. The average Bonchev–Trinajstić information content (AvgIpc) is 3.27. The number of H-pyrrole nitrogens is 1. The number of hydrogen-bond donors (Lipinski definition) is 1. The summed E-state index contributed by atoms with van der Waals surface area (Å²) in [7, 11) is 0. The summed E-state index contributed by atoms with van der Waals surface area (Å²) in [5.74, 6) is 0.609. The van der Waals surface area contributed by atoms with Gasteiger partial charge in [-0.25, -0.2) is 0 Å². The molecular formula is C21H17F3N4. The van der Waals surface area contributed by atoms with Crippen molar-refractivity contribution in [2.75, 3.05) is 0 Å². The predicted octanol–water partition coefficient (Wildman–Crippen LogP) is 5.18. The third-order valence-electron chi connectivity index (χ3n) is 4.95. The summed E-state index contributed by atoms with van der Waals surface area (Å²) >= 11 is 0. The molecule has 2 aromatic carbocycles. The van der Waals surface area contributed by atoms with Crippen LogP contribution >= 0.6 is 0 Å². The number of aromatic amines is 1. The van der Waals surface area contributed by atoms with E-state index in [2.05, 4.69) is 20.6 Å². The number of allylic oxidation sites excluding steroid dienone is 3. The molecule has 4 rings (SSSR count). The summed E-state index contributed by atoms with van der Waals surface area (Å²) in [6, 6.07) is 13.4. The Hall–Kier alpha value is -3.22. The Morgan fingerprint density at radius 2 is 1.68 bits per heavy atom. The molecule has 0 saturated carbocycles. The fourth-order valence-electron chi connectivity index (χ4n) is 3.62. The SMILES string of the molecule is CC1=C(CCc2nn[nH]n2)c2ccccc2/C1=C\c1ccccc1C(F)(F)F. The minimum absolute atomic E-state index is 0.165. The minimum Gasteiger partial charge on any atom is -0.177 e. The molecular weight excluding hydrogens is 365 g/mol. The molecule has 1 N–H and O–H groups in total. The number of fused-ring (bicyclic) bond motifs is 1. The Morgan fingerprint density at radius 1 is 0.964 bits per heavy atom. The Balaban J connectivity index is 1.78. The quantitative estimate of drug-likeness (QED) is 0.677. The maximum absolute atomic E-state index is 13.4. The first-order valence-corrected chi connectivity index (χ1v) is 8.85. The maximum Gasteiger partial charge on any atom is 0.416 e. The van der Waals surface area contributed by atoms with Crippen molar-refractivity contribution < 1.29 is 13.2 Å². The van der Waals surface area contributed by atoms with Gasteiger partial charge in [-0.3, -0.25) is 0 Å². The van der Waals surface area contributed by atoms with Gasteiger partial charge in [-0.1, -0.05) is 47.7 Å². The van der Waals surface area contributed by atoms with E-state index < -0.39 is 11.7 Å². The molecule has 4 nitrogen and oxygen atoms in total. The number of rotatable bonds is 4. The normalized spacial score (nSPS) is 15.4. The smallest absolute Gasteiger partial charge is 0.177 e. The highest BCUT2D eigenvalue weighted by molar-refractivity contribution is 6.05. The third kappa shape index (κ3) is 3.35. The summed E-state index contributed by atoms with van der Waals surface area (Å²) in [6.07, 6.45) is -1.48. The van der Waals surface area contributed by atoms with Crippen LogP contribution < -0.4 is 0 Å². The lowest BCUT2D eigenvalue weighted by Crippen LogP contribution is -2.07. The second-order valence-electron chi connectivity index (χ2n) is 6.62. The van der Waals surface area contributed by atoms with Crippen molar-refractivity contribution in [2.45, 2.75) is 25.9 Å². The number of alkyl halides is 3. The lowest BCUT2D eigenvalue weighted by molar-refractivity contribution is -0.137. The van der Waals surface area contributed by atoms with Crippen molar-refractivity contribution in [3.63, 3.8) is 0 Å². The van der Waals surface area contributed by atoms with E-state index in [1.807, 2.05) is 31.2 Å². The third-order valence-corrected chi connectivity index (χ3v) is 4.95. The van der Waals surface area contributed by atoms with Crippen molar-refractivity contribution in [1.29, 1.82) is 0 Å². The van der Waals surface area contributed by atoms with Gasteiger partial charge in [0.05, 0.1) is 5.56 Å². The van der Waals surface area contributed by atoms with Gasteiger partial charge >= 0.3 is 6.18 Å². The molecule has 1 aliphatic rings. The van der Waals surface area contributed by atoms with Crippen LogP contribution in [-0.2, 0) is 12.6 Å². The topological polar surface area (TPSA) is 54.5 Å². The largest absolute Gasteiger partial charge is 0.416 e. The second-order valence-corrected chi connectivity index (χ2v) is 6.62. The van der Waals surface area contributed by atoms with Gasteiger partial charge in [-0.15, -0.1) is 10.2 Å². The van der Waals surface area contributed by atoms with Crippen molar-refractivity contribution in [1.82, 2.24) is 20.6 Å². The highest BCUT2D eigenvalue weighted by Crippen LogP contribution is 2.44. The van der Waals surface area contributed by atoms with Crippen LogP contribution in [-0.4, -0.2) is 20.6 Å². The van der Waals surface area contributed by atoms with Crippen LogP contribution in [0, 0.1) is 0 Å². The van der Waals surface area contributed by atoms with Gasteiger partial charge in [-0.2, -0.15) is 18.4 Å². The van der Waals surface area contributed by atoms with E-state index in [4.69, 9.17) is 0 Å². The van der Waals surface area contributed by atoms with Crippen LogP contribution in [0.1, 0.15) is 41.4 Å². The summed E-state index contributed by atoms with van der Waals surface area (Å²) in [6.45, 7) is 1.95. The van der Waals surface area contributed by atoms with Gasteiger partial charge in [0.2, 0.25) is 0 Å². The Morgan fingerprint density at radius 3 is 2.39 bits per heavy atom. The molecule has 0 aliphatic heterocycles. The predicted molar refractivity (Wildman–Crippen MR) is 101 cm³/mol. The standard InChI is InChI=1S/C21H17F3N4/c1-13-15(10-11-20-25-27-28-26-20)16-7-3-4-8-17(16)18(13)12-14-6-2-5-9-19(14)21(22,23)24/h2-9,12H,10-11H2,1H3,(H,25,26,27,28)/b18-12-. The van der Waals surface area contributed by atoms with Gasteiger partial charge in [-0.05, 0) is 58.9 Å². The van der Waals surface area contributed by atoms with Crippen LogP contribution in [0.15, 0.2) is 54.1 Å². The zero-order chi connectivity index (χ0) is 19.7. The van der Waals surface area contributed by atoms with E-state index in [-0.39, 0.29) is 5.56 Å². The van der Waals surface area contributed by atoms with Gasteiger partial charge in [0.25, 0.3) is 0 Å². The van der Waals surface area contributed by atoms with Gasteiger partial charge < -0.3 is 0 Å². The summed E-state index contributed by atoms with van der Waals surface area (Å²) < 4.78 is 40.2. The second kappa shape index (κ2) is 7.07. The first kappa shape index (κ1) is 18.2. The van der Waals surface area contributed by atoms with Gasteiger partial charge in [0.15, 0.2) is 5.82 Å². The number of halogens is 3.